The fourth-order valence-electron chi connectivity index (χ4n) is 0.552. The monoisotopic (exact) mass is 202 g/mol. The van der Waals surface area contributed by atoms with Gasteiger partial charge in [-0.25, -0.2) is 4.57 Å². The summed E-state index contributed by atoms with van der Waals surface area (Å²) < 4.78 is 18.6. The fraction of sp³-hybridized carbons (Fsp3) is 1.00. The minimum Gasteiger partial charge on any atom is -0.302 e. The first-order chi connectivity index (χ1) is 5.12. The molecular formula is C5H12ClO4P. The van der Waals surface area contributed by atoms with E-state index < -0.39 is 7.82 Å². The molecule has 1 unspecified atom stereocenters. The zero-order valence-corrected chi connectivity index (χ0v) is 7.98. The van der Waals surface area contributed by atoms with Crippen LogP contribution in [0.4, 0.5) is 0 Å². The smallest absolute Gasteiger partial charge is 0.302 e. The molecule has 0 amide bonds. The number of halogens is 1. The predicted molar refractivity (Wildman–Crippen MR) is 42.2 cm³/mol. The highest BCUT2D eigenvalue weighted by Gasteiger charge is 2.19. The molecule has 0 aliphatic rings. The van der Waals surface area contributed by atoms with E-state index in [1.165, 1.54) is 0 Å². The minimum absolute atomic E-state index is 0.203. The van der Waals surface area contributed by atoms with Gasteiger partial charge in [-0.3, -0.25) is 4.52 Å². The van der Waals surface area contributed by atoms with Crippen LogP contribution in [-0.2, 0) is 13.2 Å². The Balaban J connectivity index is 3.31. The molecule has 0 rings (SSSR count). The Labute approximate surface area is 71.2 Å². The van der Waals surface area contributed by atoms with Gasteiger partial charge < -0.3 is 4.89 Å². The standard InChI is InChI=1S/C5H12ClO4P/c1-2-3-4-5-9-11(7,8)10-6/h2-5H2,1H3,(H,7,8). The van der Waals surface area contributed by atoms with Crippen LogP contribution in [0, 0.1) is 0 Å². The van der Waals surface area contributed by atoms with E-state index in [4.69, 9.17) is 4.89 Å². The maximum atomic E-state index is 10.5. The maximum Gasteiger partial charge on any atom is 0.488 e. The highest BCUT2D eigenvalue weighted by molar-refractivity contribution is 7.48. The molecule has 4 nitrogen and oxygen atoms in total. The fourth-order valence-corrected chi connectivity index (χ4v) is 1.07. The van der Waals surface area contributed by atoms with Crippen LogP contribution < -0.4 is 0 Å². The summed E-state index contributed by atoms with van der Waals surface area (Å²) in [5, 5.41) is 0. The Hall–Kier alpha value is 0.400. The van der Waals surface area contributed by atoms with Gasteiger partial charge in [0.1, 0.15) is 0 Å². The number of phosphoric ester groups is 1. The lowest BCUT2D eigenvalue weighted by atomic mass is 10.3. The van der Waals surface area contributed by atoms with E-state index in [9.17, 15) is 4.57 Å². The SMILES string of the molecule is CCCCCOP(=O)(O)OCl. The summed E-state index contributed by atoms with van der Waals surface area (Å²) >= 11 is 4.67. The van der Waals surface area contributed by atoms with Crippen molar-refractivity contribution in [2.75, 3.05) is 6.61 Å². The quantitative estimate of drug-likeness (QED) is 0.531. The third-order valence-corrected chi connectivity index (χ3v) is 2.30. The Morgan fingerprint density at radius 1 is 1.55 bits per heavy atom. The van der Waals surface area contributed by atoms with Gasteiger partial charge in [0, 0.05) is 0 Å². The average Bonchev–Trinajstić information content (AvgIpc) is 1.99. The van der Waals surface area contributed by atoms with Crippen molar-refractivity contribution in [1.82, 2.24) is 0 Å². The number of rotatable bonds is 6. The minimum atomic E-state index is -3.95. The molecule has 0 radical (unpaired) electrons. The summed E-state index contributed by atoms with van der Waals surface area (Å²) in [6.07, 6.45) is 2.73. The van der Waals surface area contributed by atoms with Crippen molar-refractivity contribution in [3.63, 3.8) is 0 Å². The Morgan fingerprint density at radius 2 is 2.18 bits per heavy atom. The van der Waals surface area contributed by atoms with Crippen LogP contribution in [0.2, 0.25) is 0 Å². The molecule has 0 aromatic heterocycles. The molecule has 0 saturated carbocycles. The van der Waals surface area contributed by atoms with Crippen molar-refractivity contribution < 1.29 is 18.1 Å². The average molecular weight is 203 g/mol. The summed E-state index contributed by atoms with van der Waals surface area (Å²) in [6.45, 7) is 2.23. The highest BCUT2D eigenvalue weighted by atomic mass is 35.5. The molecule has 6 heteroatoms. The zero-order chi connectivity index (χ0) is 8.74. The van der Waals surface area contributed by atoms with E-state index in [2.05, 4.69) is 20.5 Å². The topological polar surface area (TPSA) is 55.8 Å². The third-order valence-electron chi connectivity index (χ3n) is 1.09. The first-order valence-corrected chi connectivity index (χ1v) is 5.20. The first kappa shape index (κ1) is 11.4. The number of phosphoric acid groups is 1. The van der Waals surface area contributed by atoms with Crippen LogP contribution >= 0.6 is 19.7 Å². The molecule has 0 aromatic rings. The third kappa shape index (κ3) is 6.78. The van der Waals surface area contributed by atoms with Gasteiger partial charge in [-0.1, -0.05) is 19.8 Å². The highest BCUT2D eigenvalue weighted by Crippen LogP contribution is 2.44. The number of hydrogen-bond acceptors (Lipinski definition) is 3. The zero-order valence-electron chi connectivity index (χ0n) is 6.33. The molecule has 0 aliphatic carbocycles. The van der Waals surface area contributed by atoms with Gasteiger partial charge in [0.05, 0.1) is 18.5 Å². The lowest BCUT2D eigenvalue weighted by Crippen LogP contribution is -1.92. The van der Waals surface area contributed by atoms with Crippen LogP contribution in [0.1, 0.15) is 26.2 Å². The van der Waals surface area contributed by atoms with Gasteiger partial charge in [0.2, 0.25) is 0 Å². The second-order valence-electron chi connectivity index (χ2n) is 2.08. The first-order valence-electron chi connectivity index (χ1n) is 3.40. The van der Waals surface area contributed by atoms with Crippen molar-refractivity contribution in [3.8, 4) is 0 Å². The molecule has 0 aliphatic heterocycles. The normalized spacial score (nSPS) is 16.3. The van der Waals surface area contributed by atoms with E-state index in [0.29, 0.717) is 0 Å². The summed E-state index contributed by atoms with van der Waals surface area (Å²) in [4.78, 5) is 8.60. The Kier molecular flexibility index (Phi) is 6.19. The molecule has 0 bridgehead atoms. The van der Waals surface area contributed by atoms with Crippen LogP contribution in [-0.4, -0.2) is 11.5 Å². The van der Waals surface area contributed by atoms with E-state index in [1.807, 2.05) is 6.92 Å². The van der Waals surface area contributed by atoms with Gasteiger partial charge >= 0.3 is 7.82 Å². The Morgan fingerprint density at radius 3 is 2.64 bits per heavy atom. The molecule has 0 heterocycles. The van der Waals surface area contributed by atoms with Gasteiger partial charge in [0.25, 0.3) is 0 Å². The maximum absolute atomic E-state index is 10.5. The van der Waals surface area contributed by atoms with E-state index in [-0.39, 0.29) is 6.61 Å². The van der Waals surface area contributed by atoms with Crippen molar-refractivity contribution in [2.24, 2.45) is 0 Å². The van der Waals surface area contributed by atoms with Crippen LogP contribution in [0.25, 0.3) is 0 Å². The van der Waals surface area contributed by atoms with E-state index in [1.54, 1.807) is 0 Å². The molecule has 1 N–H and O–H groups in total. The molecule has 1 atom stereocenters. The van der Waals surface area contributed by atoms with Crippen molar-refractivity contribution in [2.45, 2.75) is 26.2 Å². The van der Waals surface area contributed by atoms with Gasteiger partial charge in [-0.05, 0) is 6.42 Å². The lowest BCUT2D eigenvalue weighted by molar-refractivity contribution is 0.204. The van der Waals surface area contributed by atoms with Crippen molar-refractivity contribution in [1.29, 1.82) is 0 Å². The molecule has 11 heavy (non-hydrogen) atoms. The van der Waals surface area contributed by atoms with Crippen molar-refractivity contribution in [3.05, 3.63) is 0 Å². The summed E-state index contributed by atoms with van der Waals surface area (Å²) in [5.41, 5.74) is 0. The number of unbranched alkanes of at least 4 members (excludes halogenated alkanes) is 2. The Bertz CT molecular complexity index is 140. The van der Waals surface area contributed by atoms with Crippen LogP contribution in [0.15, 0.2) is 0 Å². The molecule has 0 fully saturated rings. The largest absolute Gasteiger partial charge is 0.488 e. The van der Waals surface area contributed by atoms with Crippen LogP contribution in [0.3, 0.4) is 0 Å². The summed E-state index contributed by atoms with van der Waals surface area (Å²) in [6, 6.07) is 0. The van der Waals surface area contributed by atoms with Crippen LogP contribution in [0.5, 0.6) is 0 Å². The number of hydrogen-bond donors (Lipinski definition) is 1. The van der Waals surface area contributed by atoms with Crippen molar-refractivity contribution >= 4 is 19.7 Å². The van der Waals surface area contributed by atoms with E-state index >= 15 is 0 Å². The summed E-state index contributed by atoms with van der Waals surface area (Å²) in [7, 11) is -3.95. The predicted octanol–water partition coefficient (Wildman–Crippen LogP) is 2.46. The second kappa shape index (κ2) is 5.98. The molecular weight excluding hydrogens is 190 g/mol. The van der Waals surface area contributed by atoms with Gasteiger partial charge in [-0.2, -0.15) is 4.08 Å². The molecule has 0 saturated heterocycles. The van der Waals surface area contributed by atoms with Gasteiger partial charge in [-0.15, -0.1) is 0 Å². The summed E-state index contributed by atoms with van der Waals surface area (Å²) in [5.74, 6) is 0. The lowest BCUT2D eigenvalue weighted by Gasteiger charge is -2.05. The van der Waals surface area contributed by atoms with E-state index in [0.717, 1.165) is 19.3 Å². The molecule has 0 spiro atoms. The molecule has 0 aromatic carbocycles. The molecule has 68 valence electrons. The second-order valence-corrected chi connectivity index (χ2v) is 3.83. The van der Waals surface area contributed by atoms with Gasteiger partial charge in [0.15, 0.2) is 0 Å².